The quantitative estimate of drug-likeness (QED) is 0.831. The highest BCUT2D eigenvalue weighted by molar-refractivity contribution is 4.96. The summed E-state index contributed by atoms with van der Waals surface area (Å²) >= 11 is 0. The molecule has 0 aromatic rings. The minimum atomic E-state index is -0.0619. The maximum absolute atomic E-state index is 9.86. The van der Waals surface area contributed by atoms with E-state index < -0.39 is 0 Å². The number of piperidine rings is 1. The lowest BCUT2D eigenvalue weighted by Gasteiger charge is -2.42. The third kappa shape index (κ3) is 2.97. The Bertz CT molecular complexity index is 297. The van der Waals surface area contributed by atoms with Gasteiger partial charge in [-0.3, -0.25) is 9.80 Å². The number of ether oxygens (including phenoxy) is 1. The molecule has 3 saturated heterocycles. The van der Waals surface area contributed by atoms with Crippen molar-refractivity contribution in [3.63, 3.8) is 0 Å². The number of rotatable bonds is 3. The van der Waals surface area contributed by atoms with E-state index in [1.165, 1.54) is 12.8 Å². The van der Waals surface area contributed by atoms with Crippen molar-refractivity contribution in [2.24, 2.45) is 0 Å². The standard InChI is InChI=1S/C15H28N2O2/c1-11(2)16-5-6-19-15(9-16)10-17-12-3-4-13(17)8-14(18)7-12/h11-15,18H,3-10H2,1-2H3. The SMILES string of the molecule is CC(C)N1CCOC(CN2C3CCC2CC(O)C3)C1. The van der Waals surface area contributed by atoms with Crippen molar-refractivity contribution in [2.75, 3.05) is 26.2 Å². The van der Waals surface area contributed by atoms with Crippen molar-refractivity contribution in [1.29, 1.82) is 0 Å². The van der Waals surface area contributed by atoms with Gasteiger partial charge in [-0.1, -0.05) is 0 Å². The molecule has 0 radical (unpaired) electrons. The van der Waals surface area contributed by atoms with Gasteiger partial charge in [0.05, 0.1) is 18.8 Å². The van der Waals surface area contributed by atoms with Crippen LogP contribution in [0.4, 0.5) is 0 Å². The molecule has 1 N–H and O–H groups in total. The van der Waals surface area contributed by atoms with E-state index in [0.29, 0.717) is 24.2 Å². The fourth-order valence-corrected chi connectivity index (χ4v) is 4.10. The van der Waals surface area contributed by atoms with Gasteiger partial charge in [0.15, 0.2) is 0 Å². The molecule has 3 unspecified atom stereocenters. The normalized spacial score (nSPS) is 41.1. The van der Waals surface area contributed by atoms with Gasteiger partial charge in [-0.25, -0.2) is 0 Å². The number of aliphatic hydroxyl groups is 1. The molecule has 19 heavy (non-hydrogen) atoms. The molecule has 3 heterocycles. The number of hydrogen-bond donors (Lipinski definition) is 1. The Hall–Kier alpha value is -0.160. The molecule has 0 amide bonds. The molecule has 4 heteroatoms. The van der Waals surface area contributed by atoms with Gasteiger partial charge in [0.2, 0.25) is 0 Å². The van der Waals surface area contributed by atoms with Crippen LogP contribution in [0.15, 0.2) is 0 Å². The van der Waals surface area contributed by atoms with Gasteiger partial charge in [0.25, 0.3) is 0 Å². The number of fused-ring (bicyclic) bond motifs is 2. The first-order chi connectivity index (χ1) is 9.13. The van der Waals surface area contributed by atoms with E-state index in [-0.39, 0.29) is 6.10 Å². The van der Waals surface area contributed by atoms with Crippen LogP contribution >= 0.6 is 0 Å². The Balaban J connectivity index is 1.57. The summed E-state index contributed by atoms with van der Waals surface area (Å²) in [6.45, 7) is 8.60. The number of morpholine rings is 1. The molecular weight excluding hydrogens is 240 g/mol. The van der Waals surface area contributed by atoms with Crippen molar-refractivity contribution in [3.8, 4) is 0 Å². The lowest BCUT2D eigenvalue weighted by atomic mass is 9.99. The molecular formula is C15H28N2O2. The Morgan fingerprint density at radius 2 is 1.89 bits per heavy atom. The molecule has 0 saturated carbocycles. The first kappa shape index (κ1) is 13.8. The fraction of sp³-hybridized carbons (Fsp3) is 1.00. The molecule has 3 rings (SSSR count). The summed E-state index contributed by atoms with van der Waals surface area (Å²) < 4.78 is 5.97. The Morgan fingerprint density at radius 3 is 2.53 bits per heavy atom. The van der Waals surface area contributed by atoms with Crippen LogP contribution in [-0.4, -0.2) is 71.5 Å². The van der Waals surface area contributed by atoms with Crippen LogP contribution in [0.1, 0.15) is 39.5 Å². The third-order valence-electron chi connectivity index (χ3n) is 5.17. The Morgan fingerprint density at radius 1 is 1.21 bits per heavy atom. The molecule has 0 aliphatic carbocycles. The summed E-state index contributed by atoms with van der Waals surface area (Å²) in [7, 11) is 0. The summed E-state index contributed by atoms with van der Waals surface area (Å²) in [5.74, 6) is 0. The number of hydrogen-bond acceptors (Lipinski definition) is 4. The van der Waals surface area contributed by atoms with E-state index in [9.17, 15) is 5.11 Å². The Kier molecular flexibility index (Phi) is 4.13. The smallest absolute Gasteiger partial charge is 0.0829 e. The Labute approximate surface area is 116 Å². The van der Waals surface area contributed by atoms with Gasteiger partial charge in [0.1, 0.15) is 0 Å². The second-order valence-electron chi connectivity index (χ2n) is 6.79. The van der Waals surface area contributed by atoms with E-state index in [2.05, 4.69) is 23.6 Å². The van der Waals surface area contributed by atoms with Crippen LogP contribution in [0.5, 0.6) is 0 Å². The highest BCUT2D eigenvalue weighted by atomic mass is 16.5. The zero-order valence-corrected chi connectivity index (χ0v) is 12.3. The van der Waals surface area contributed by atoms with Gasteiger partial charge in [-0.2, -0.15) is 0 Å². The topological polar surface area (TPSA) is 35.9 Å². The molecule has 3 aliphatic rings. The van der Waals surface area contributed by atoms with Gasteiger partial charge in [0, 0.05) is 37.8 Å². The first-order valence-corrected chi connectivity index (χ1v) is 7.93. The maximum atomic E-state index is 9.86. The van der Waals surface area contributed by atoms with Crippen LogP contribution in [0.2, 0.25) is 0 Å². The van der Waals surface area contributed by atoms with Crippen molar-refractivity contribution >= 4 is 0 Å². The second kappa shape index (κ2) is 5.68. The van der Waals surface area contributed by atoms with E-state index in [0.717, 1.165) is 39.1 Å². The zero-order valence-electron chi connectivity index (χ0n) is 12.3. The average molecular weight is 268 g/mol. The van der Waals surface area contributed by atoms with E-state index >= 15 is 0 Å². The van der Waals surface area contributed by atoms with Gasteiger partial charge >= 0.3 is 0 Å². The van der Waals surface area contributed by atoms with Crippen LogP contribution < -0.4 is 0 Å². The predicted molar refractivity (Wildman–Crippen MR) is 75.2 cm³/mol. The number of aliphatic hydroxyl groups excluding tert-OH is 1. The summed E-state index contributed by atoms with van der Waals surface area (Å²) in [6, 6.07) is 1.82. The minimum absolute atomic E-state index is 0.0619. The molecule has 4 nitrogen and oxygen atoms in total. The first-order valence-electron chi connectivity index (χ1n) is 7.93. The highest BCUT2D eigenvalue weighted by Crippen LogP contribution is 2.36. The molecule has 0 spiro atoms. The van der Waals surface area contributed by atoms with Crippen LogP contribution in [-0.2, 0) is 4.74 Å². The molecule has 2 bridgehead atoms. The summed E-state index contributed by atoms with van der Waals surface area (Å²) in [5.41, 5.74) is 0. The lowest BCUT2D eigenvalue weighted by molar-refractivity contribution is -0.0687. The van der Waals surface area contributed by atoms with Crippen molar-refractivity contribution in [3.05, 3.63) is 0 Å². The van der Waals surface area contributed by atoms with Crippen LogP contribution in [0.25, 0.3) is 0 Å². The molecule has 3 aliphatic heterocycles. The molecule has 0 aromatic heterocycles. The van der Waals surface area contributed by atoms with Crippen molar-refractivity contribution in [1.82, 2.24) is 9.80 Å². The lowest BCUT2D eigenvalue weighted by Crippen LogP contribution is -2.53. The monoisotopic (exact) mass is 268 g/mol. The molecule has 110 valence electrons. The van der Waals surface area contributed by atoms with Crippen LogP contribution in [0, 0.1) is 0 Å². The molecule has 3 fully saturated rings. The van der Waals surface area contributed by atoms with E-state index in [1.807, 2.05) is 0 Å². The zero-order chi connectivity index (χ0) is 13.4. The second-order valence-corrected chi connectivity index (χ2v) is 6.79. The maximum Gasteiger partial charge on any atom is 0.0829 e. The number of nitrogens with zero attached hydrogens (tertiary/aromatic N) is 2. The third-order valence-corrected chi connectivity index (χ3v) is 5.17. The predicted octanol–water partition coefficient (Wildman–Crippen LogP) is 1.08. The fourth-order valence-electron chi connectivity index (χ4n) is 4.10. The average Bonchev–Trinajstić information content (AvgIpc) is 2.62. The molecule has 3 atom stereocenters. The van der Waals surface area contributed by atoms with Gasteiger partial charge in [-0.15, -0.1) is 0 Å². The van der Waals surface area contributed by atoms with E-state index in [1.54, 1.807) is 0 Å². The largest absolute Gasteiger partial charge is 0.393 e. The molecule has 0 aromatic carbocycles. The highest BCUT2D eigenvalue weighted by Gasteiger charge is 2.41. The summed E-state index contributed by atoms with van der Waals surface area (Å²) in [4.78, 5) is 5.15. The van der Waals surface area contributed by atoms with Gasteiger partial charge < -0.3 is 9.84 Å². The minimum Gasteiger partial charge on any atom is -0.393 e. The van der Waals surface area contributed by atoms with Crippen molar-refractivity contribution in [2.45, 2.75) is 69.9 Å². The van der Waals surface area contributed by atoms with Crippen molar-refractivity contribution < 1.29 is 9.84 Å². The van der Waals surface area contributed by atoms with Gasteiger partial charge in [-0.05, 0) is 39.5 Å². The van der Waals surface area contributed by atoms with Crippen LogP contribution in [0.3, 0.4) is 0 Å². The van der Waals surface area contributed by atoms with E-state index in [4.69, 9.17) is 4.74 Å². The summed E-state index contributed by atoms with van der Waals surface area (Å²) in [6.07, 6.45) is 4.77. The summed E-state index contributed by atoms with van der Waals surface area (Å²) in [5, 5.41) is 9.86.